The van der Waals surface area contributed by atoms with Gasteiger partial charge in [-0.05, 0) is 0 Å². The molecular weight excluding hydrogens is 480 g/mol. The van der Waals surface area contributed by atoms with Crippen LogP contribution in [-0.4, -0.2) is 100 Å². The largest absolute Gasteiger partial charge is 0.377 e. The summed E-state index contributed by atoms with van der Waals surface area (Å²) in [4.78, 5) is 11.1. The first-order valence-electron chi connectivity index (χ1n) is 12.0. The number of hydrogen-bond acceptors (Lipinski definition) is 9. The summed E-state index contributed by atoms with van der Waals surface area (Å²) in [5.74, 6) is 7.33. The summed E-state index contributed by atoms with van der Waals surface area (Å²) in [5, 5.41) is 11.0. The van der Waals surface area contributed by atoms with Crippen molar-refractivity contribution in [2.75, 3.05) is 79.2 Å². The molecule has 1 heterocycles. The quantitative estimate of drug-likeness (QED) is 0.161. The minimum atomic E-state index is -0.655. The molecule has 0 saturated heterocycles. The highest BCUT2D eigenvalue weighted by molar-refractivity contribution is 5.75. The van der Waals surface area contributed by atoms with Gasteiger partial charge < -0.3 is 33.7 Å². The van der Waals surface area contributed by atoms with Crippen LogP contribution in [0.3, 0.4) is 0 Å². The van der Waals surface area contributed by atoms with Crippen LogP contribution in [0.5, 0.6) is 0 Å². The van der Waals surface area contributed by atoms with E-state index in [4.69, 9.17) is 47.7 Å². The van der Waals surface area contributed by atoms with Crippen LogP contribution in [0.4, 0.5) is 0 Å². The molecule has 11 heteroatoms. The fourth-order valence-corrected chi connectivity index (χ4v) is 2.98. The minimum absolute atomic E-state index is 0.00834. The van der Waals surface area contributed by atoms with Gasteiger partial charge in [-0.2, -0.15) is 0 Å². The molecule has 0 unspecified atom stereocenters. The second kappa shape index (κ2) is 21.2. The third-order valence-electron chi connectivity index (χ3n) is 4.75. The van der Waals surface area contributed by atoms with Crippen molar-refractivity contribution in [3.05, 3.63) is 11.9 Å². The van der Waals surface area contributed by atoms with Crippen molar-refractivity contribution in [3.8, 4) is 37.0 Å². The van der Waals surface area contributed by atoms with Gasteiger partial charge in [0, 0.05) is 13.0 Å². The van der Waals surface area contributed by atoms with E-state index < -0.39 is 5.41 Å². The van der Waals surface area contributed by atoms with Gasteiger partial charge in [-0.3, -0.25) is 4.79 Å². The highest BCUT2D eigenvalue weighted by Crippen LogP contribution is 2.21. The number of aromatic nitrogens is 3. The van der Waals surface area contributed by atoms with Crippen LogP contribution >= 0.6 is 0 Å². The number of ether oxygens (including phenoxy) is 6. The van der Waals surface area contributed by atoms with Crippen LogP contribution in [0.25, 0.3) is 0 Å². The molecule has 0 fully saturated rings. The topological polar surface area (TPSA) is 115 Å². The Bertz CT molecular complexity index is 819. The van der Waals surface area contributed by atoms with E-state index in [9.17, 15) is 4.79 Å². The van der Waals surface area contributed by atoms with E-state index in [0.29, 0.717) is 51.6 Å². The lowest BCUT2D eigenvalue weighted by Crippen LogP contribution is -2.42. The highest BCUT2D eigenvalue weighted by Gasteiger charge is 2.32. The predicted molar refractivity (Wildman–Crippen MR) is 136 cm³/mol. The molecule has 0 saturated carbocycles. The Hall–Kier alpha value is -2.95. The van der Waals surface area contributed by atoms with E-state index >= 15 is 0 Å². The minimum Gasteiger partial charge on any atom is -0.377 e. The van der Waals surface area contributed by atoms with Crippen molar-refractivity contribution in [2.24, 2.45) is 5.41 Å². The normalized spacial score (nSPS) is 11.0. The maximum Gasteiger partial charge on any atom is 0.219 e. The molecule has 0 aliphatic rings. The number of carbonyl (C=O) groups is 1. The molecule has 0 aliphatic heterocycles. The molecule has 1 aromatic rings. The molecule has 0 aromatic carbocycles. The Balaban J connectivity index is 2.40. The molecule has 0 bridgehead atoms. The van der Waals surface area contributed by atoms with Gasteiger partial charge in [0.25, 0.3) is 0 Å². The summed E-state index contributed by atoms with van der Waals surface area (Å²) < 4.78 is 35.3. The van der Waals surface area contributed by atoms with Crippen molar-refractivity contribution in [1.82, 2.24) is 20.3 Å². The zero-order valence-electron chi connectivity index (χ0n) is 21.6. The average molecular weight is 519 g/mol. The number of nitrogens with one attached hydrogen (secondary N) is 1. The SMILES string of the molecule is C#CCOCC(COCC#C)(COCC#C)COCc1cn(CCOCCOCCNC(=O)CC)nn1. The maximum absolute atomic E-state index is 11.1. The van der Waals surface area contributed by atoms with Gasteiger partial charge in [0.05, 0.1) is 77.6 Å². The summed E-state index contributed by atoms with van der Waals surface area (Å²) in [6.45, 7) is 6.25. The van der Waals surface area contributed by atoms with Gasteiger partial charge in [0.1, 0.15) is 25.5 Å². The smallest absolute Gasteiger partial charge is 0.219 e. The highest BCUT2D eigenvalue weighted by atomic mass is 16.5. The Kier molecular flexibility index (Phi) is 18.4. The van der Waals surface area contributed by atoms with Gasteiger partial charge in [-0.25, -0.2) is 4.68 Å². The Morgan fingerprint density at radius 3 is 2.03 bits per heavy atom. The predicted octanol–water partition coefficient (Wildman–Crippen LogP) is 0.290. The van der Waals surface area contributed by atoms with Gasteiger partial charge >= 0.3 is 0 Å². The zero-order valence-corrected chi connectivity index (χ0v) is 21.6. The first-order valence-corrected chi connectivity index (χ1v) is 12.0. The number of hydrogen-bond donors (Lipinski definition) is 1. The third-order valence-corrected chi connectivity index (χ3v) is 4.75. The number of nitrogens with zero attached hydrogens (tertiary/aromatic N) is 3. The summed E-state index contributed by atoms with van der Waals surface area (Å²) in [5.41, 5.74) is 0.00268. The molecule has 1 N–H and O–H groups in total. The first-order chi connectivity index (χ1) is 18.1. The fraction of sp³-hybridized carbons (Fsp3) is 0.654. The lowest BCUT2D eigenvalue weighted by atomic mass is 9.92. The third kappa shape index (κ3) is 15.7. The second-order valence-electron chi connectivity index (χ2n) is 7.98. The van der Waals surface area contributed by atoms with Gasteiger partial charge in [-0.15, -0.1) is 24.4 Å². The molecule has 0 atom stereocenters. The summed E-state index contributed by atoms with van der Waals surface area (Å²) in [6, 6.07) is 0. The van der Waals surface area contributed by atoms with Crippen LogP contribution in [0.2, 0.25) is 0 Å². The monoisotopic (exact) mass is 518 g/mol. The van der Waals surface area contributed by atoms with Crippen LogP contribution in [0.15, 0.2) is 6.20 Å². The molecular formula is C26H38N4O7. The van der Waals surface area contributed by atoms with E-state index in [0.717, 1.165) is 0 Å². The van der Waals surface area contributed by atoms with Crippen molar-refractivity contribution in [1.29, 1.82) is 0 Å². The fourth-order valence-electron chi connectivity index (χ4n) is 2.98. The first kappa shape index (κ1) is 32.1. The van der Waals surface area contributed by atoms with Crippen molar-refractivity contribution >= 4 is 5.91 Å². The van der Waals surface area contributed by atoms with Crippen molar-refractivity contribution in [3.63, 3.8) is 0 Å². The van der Waals surface area contributed by atoms with E-state index in [1.54, 1.807) is 17.8 Å². The number of amides is 1. The van der Waals surface area contributed by atoms with Gasteiger partial charge in [0.2, 0.25) is 5.91 Å². The number of rotatable bonds is 23. The van der Waals surface area contributed by atoms with Crippen LogP contribution in [-0.2, 0) is 46.4 Å². The van der Waals surface area contributed by atoms with Crippen molar-refractivity contribution < 1.29 is 33.2 Å². The van der Waals surface area contributed by atoms with Crippen LogP contribution in [0.1, 0.15) is 19.0 Å². The zero-order chi connectivity index (χ0) is 27.0. The maximum atomic E-state index is 11.1. The summed E-state index contributed by atoms with van der Waals surface area (Å²) in [7, 11) is 0. The van der Waals surface area contributed by atoms with E-state index in [2.05, 4.69) is 33.4 Å². The van der Waals surface area contributed by atoms with E-state index in [1.165, 1.54) is 0 Å². The van der Waals surface area contributed by atoms with E-state index in [-0.39, 0.29) is 58.8 Å². The van der Waals surface area contributed by atoms with Gasteiger partial charge in [-0.1, -0.05) is 29.9 Å². The Morgan fingerprint density at radius 2 is 1.46 bits per heavy atom. The standard InChI is InChI=1S/C26H38N4O7/c1-5-11-34-20-26(21-35-12-6-2,22-36-13-7-3)23-37-19-24-18-30(29-28-24)10-15-33-17-16-32-14-9-27-25(31)8-4/h1-3,18H,8-17,19-23H2,4H3,(H,27,31). The lowest BCUT2D eigenvalue weighted by molar-refractivity contribution is -0.121. The average Bonchev–Trinajstić information content (AvgIpc) is 3.35. The lowest BCUT2D eigenvalue weighted by Gasteiger charge is -2.32. The van der Waals surface area contributed by atoms with Crippen LogP contribution in [0, 0.1) is 42.4 Å². The molecule has 37 heavy (non-hydrogen) atoms. The van der Waals surface area contributed by atoms with Gasteiger partial charge in [0.15, 0.2) is 0 Å². The van der Waals surface area contributed by atoms with Crippen LogP contribution < -0.4 is 5.32 Å². The molecule has 0 spiro atoms. The Morgan fingerprint density at radius 1 is 0.892 bits per heavy atom. The number of carbonyl (C=O) groups excluding carboxylic acids is 1. The molecule has 0 radical (unpaired) electrons. The molecule has 204 valence electrons. The van der Waals surface area contributed by atoms with E-state index in [1.807, 2.05) is 0 Å². The number of terminal acetylenes is 3. The molecule has 1 amide bonds. The molecule has 11 nitrogen and oxygen atoms in total. The summed E-state index contributed by atoms with van der Waals surface area (Å²) >= 11 is 0. The molecule has 1 rings (SSSR count). The van der Waals surface area contributed by atoms with Crippen molar-refractivity contribution in [2.45, 2.75) is 26.5 Å². The summed E-state index contributed by atoms with van der Waals surface area (Å²) in [6.07, 6.45) is 18.2. The second-order valence-corrected chi connectivity index (χ2v) is 7.98. The molecule has 0 aliphatic carbocycles. The molecule has 1 aromatic heterocycles. The Labute approximate surface area is 219 Å².